The van der Waals surface area contributed by atoms with Crippen LogP contribution in [0.25, 0.3) is 0 Å². The fourth-order valence-electron chi connectivity index (χ4n) is 1.41. The van der Waals surface area contributed by atoms with Gasteiger partial charge in [-0.15, -0.1) is 0 Å². The molecule has 0 heterocycles. The van der Waals surface area contributed by atoms with Crippen LogP contribution in [0.15, 0.2) is 18.2 Å². The number of aliphatic hydroxyl groups excluding tert-OH is 1. The summed E-state index contributed by atoms with van der Waals surface area (Å²) in [6.07, 6.45) is 0.422. The summed E-state index contributed by atoms with van der Waals surface area (Å²) in [5.74, 6) is -0.0726. The van der Waals surface area contributed by atoms with Crippen molar-refractivity contribution in [3.05, 3.63) is 33.8 Å². The first-order valence-electron chi connectivity index (χ1n) is 5.44. The van der Waals surface area contributed by atoms with Gasteiger partial charge in [0.25, 0.3) is 0 Å². The molecule has 1 aromatic rings. The number of rotatable bonds is 5. The van der Waals surface area contributed by atoms with Crippen LogP contribution in [-0.4, -0.2) is 17.6 Å². The third kappa shape index (κ3) is 4.54. The maximum atomic E-state index is 11.2. The molecule has 1 aromatic carbocycles. The lowest BCUT2D eigenvalue weighted by Crippen LogP contribution is -2.28. The number of hydrogen-bond acceptors (Lipinski definition) is 2. The van der Waals surface area contributed by atoms with Crippen LogP contribution in [0.2, 0.25) is 10.0 Å². The van der Waals surface area contributed by atoms with Crippen molar-refractivity contribution in [3.63, 3.8) is 0 Å². The van der Waals surface area contributed by atoms with Crippen molar-refractivity contribution in [1.82, 2.24) is 5.32 Å². The van der Waals surface area contributed by atoms with E-state index in [0.29, 0.717) is 22.0 Å². The van der Waals surface area contributed by atoms with Crippen LogP contribution in [0, 0.1) is 0 Å². The molecule has 1 rings (SSSR count). The van der Waals surface area contributed by atoms with Gasteiger partial charge in [0, 0.05) is 28.6 Å². The molecule has 1 atom stereocenters. The fraction of sp³-hybridized carbons (Fsp3) is 0.417. The molecule has 5 heteroatoms. The Kier molecular flexibility index (Phi) is 5.75. The molecule has 0 aliphatic rings. The molecule has 17 heavy (non-hydrogen) atoms. The molecule has 0 aromatic heterocycles. The summed E-state index contributed by atoms with van der Waals surface area (Å²) < 4.78 is 0. The van der Waals surface area contributed by atoms with E-state index in [2.05, 4.69) is 5.32 Å². The third-order valence-electron chi connectivity index (χ3n) is 2.29. The highest BCUT2D eigenvalue weighted by Crippen LogP contribution is 2.25. The van der Waals surface area contributed by atoms with E-state index < -0.39 is 6.10 Å². The zero-order valence-corrected chi connectivity index (χ0v) is 11.1. The van der Waals surface area contributed by atoms with Gasteiger partial charge in [-0.25, -0.2) is 0 Å². The number of hydrogen-bond donors (Lipinski definition) is 2. The lowest BCUT2D eigenvalue weighted by atomic mass is 10.1. The van der Waals surface area contributed by atoms with Gasteiger partial charge in [-0.3, -0.25) is 4.79 Å². The summed E-state index contributed by atoms with van der Waals surface area (Å²) in [6.45, 7) is 2.08. The molecule has 0 saturated carbocycles. The van der Waals surface area contributed by atoms with Crippen LogP contribution in [0.3, 0.4) is 0 Å². The zero-order valence-electron chi connectivity index (χ0n) is 9.54. The normalized spacial score (nSPS) is 12.2. The van der Waals surface area contributed by atoms with Crippen molar-refractivity contribution in [2.24, 2.45) is 0 Å². The molecule has 1 amide bonds. The highest BCUT2D eigenvalue weighted by molar-refractivity contribution is 6.35. The molecule has 0 radical (unpaired) electrons. The van der Waals surface area contributed by atoms with Gasteiger partial charge in [0.2, 0.25) is 5.91 Å². The van der Waals surface area contributed by atoms with E-state index in [-0.39, 0.29) is 12.5 Å². The molecule has 3 nitrogen and oxygen atoms in total. The van der Waals surface area contributed by atoms with E-state index >= 15 is 0 Å². The van der Waals surface area contributed by atoms with E-state index in [1.807, 2.05) is 6.92 Å². The van der Waals surface area contributed by atoms with E-state index in [1.165, 1.54) is 0 Å². The SMILES string of the molecule is CCCC(=O)NCC(O)c1ccc(Cl)cc1Cl. The Hall–Kier alpha value is -0.770. The number of benzene rings is 1. The van der Waals surface area contributed by atoms with Crippen LogP contribution in [0.5, 0.6) is 0 Å². The second kappa shape index (κ2) is 6.84. The predicted molar refractivity (Wildman–Crippen MR) is 69.3 cm³/mol. The average Bonchev–Trinajstić information content (AvgIpc) is 2.26. The molecular weight excluding hydrogens is 261 g/mol. The molecular formula is C12H15Cl2NO2. The van der Waals surface area contributed by atoms with Crippen LogP contribution < -0.4 is 5.32 Å². The van der Waals surface area contributed by atoms with E-state index in [9.17, 15) is 9.90 Å². The Bertz CT molecular complexity index is 396. The number of carbonyl (C=O) groups is 1. The summed E-state index contributed by atoms with van der Waals surface area (Å²) in [7, 11) is 0. The molecule has 0 aliphatic carbocycles. The molecule has 94 valence electrons. The summed E-state index contributed by atoms with van der Waals surface area (Å²) in [5.41, 5.74) is 0.563. The lowest BCUT2D eigenvalue weighted by molar-refractivity contribution is -0.121. The summed E-state index contributed by atoms with van der Waals surface area (Å²) in [4.78, 5) is 11.2. The maximum Gasteiger partial charge on any atom is 0.220 e. The minimum absolute atomic E-state index is 0.0726. The first kappa shape index (κ1) is 14.3. The molecule has 0 aliphatic heterocycles. The zero-order chi connectivity index (χ0) is 12.8. The highest BCUT2D eigenvalue weighted by Gasteiger charge is 2.12. The van der Waals surface area contributed by atoms with Crippen molar-refractivity contribution >= 4 is 29.1 Å². The van der Waals surface area contributed by atoms with Gasteiger partial charge < -0.3 is 10.4 Å². The fourth-order valence-corrected chi connectivity index (χ4v) is 1.94. The van der Waals surface area contributed by atoms with Crippen LogP contribution in [-0.2, 0) is 4.79 Å². The summed E-state index contributed by atoms with van der Waals surface area (Å²) in [6, 6.07) is 4.87. The second-order valence-electron chi connectivity index (χ2n) is 3.74. The Morgan fingerprint density at radius 1 is 1.47 bits per heavy atom. The van der Waals surface area contributed by atoms with Crippen molar-refractivity contribution in [2.75, 3.05) is 6.54 Å². The molecule has 1 unspecified atom stereocenters. The number of halogens is 2. The van der Waals surface area contributed by atoms with Crippen LogP contribution in [0.4, 0.5) is 0 Å². The molecule has 0 saturated heterocycles. The van der Waals surface area contributed by atoms with Crippen LogP contribution in [0.1, 0.15) is 31.4 Å². The van der Waals surface area contributed by atoms with Crippen molar-refractivity contribution in [2.45, 2.75) is 25.9 Å². The standard InChI is InChI=1S/C12H15Cl2NO2/c1-2-3-12(17)15-7-11(16)9-5-4-8(13)6-10(9)14/h4-6,11,16H,2-3,7H2,1H3,(H,15,17). The first-order valence-corrected chi connectivity index (χ1v) is 6.20. The Morgan fingerprint density at radius 2 is 2.18 bits per heavy atom. The van der Waals surface area contributed by atoms with Gasteiger partial charge in [0.05, 0.1) is 6.10 Å². The Balaban J connectivity index is 2.57. The number of carbonyl (C=O) groups excluding carboxylic acids is 1. The number of aliphatic hydroxyl groups is 1. The summed E-state index contributed by atoms with van der Waals surface area (Å²) in [5, 5.41) is 13.4. The van der Waals surface area contributed by atoms with Gasteiger partial charge in [-0.05, 0) is 18.6 Å². The van der Waals surface area contributed by atoms with Gasteiger partial charge in [-0.1, -0.05) is 36.2 Å². The molecule has 0 bridgehead atoms. The van der Waals surface area contributed by atoms with Gasteiger partial charge in [0.1, 0.15) is 0 Å². The summed E-state index contributed by atoms with van der Waals surface area (Å²) >= 11 is 11.7. The van der Waals surface area contributed by atoms with E-state index in [0.717, 1.165) is 6.42 Å². The largest absolute Gasteiger partial charge is 0.387 e. The van der Waals surface area contributed by atoms with E-state index in [1.54, 1.807) is 18.2 Å². The number of nitrogens with one attached hydrogen (secondary N) is 1. The van der Waals surface area contributed by atoms with E-state index in [4.69, 9.17) is 23.2 Å². The van der Waals surface area contributed by atoms with Gasteiger partial charge in [-0.2, -0.15) is 0 Å². The maximum absolute atomic E-state index is 11.2. The second-order valence-corrected chi connectivity index (χ2v) is 4.58. The van der Waals surface area contributed by atoms with Gasteiger partial charge >= 0.3 is 0 Å². The third-order valence-corrected chi connectivity index (χ3v) is 2.85. The Labute approximate surface area is 111 Å². The molecule has 2 N–H and O–H groups in total. The predicted octanol–water partition coefficient (Wildman–Crippen LogP) is 2.94. The van der Waals surface area contributed by atoms with Crippen molar-refractivity contribution in [3.8, 4) is 0 Å². The first-order chi connectivity index (χ1) is 8.04. The van der Waals surface area contributed by atoms with Crippen molar-refractivity contribution < 1.29 is 9.90 Å². The quantitative estimate of drug-likeness (QED) is 0.868. The smallest absolute Gasteiger partial charge is 0.220 e. The monoisotopic (exact) mass is 275 g/mol. The van der Waals surface area contributed by atoms with Crippen LogP contribution >= 0.6 is 23.2 Å². The highest BCUT2D eigenvalue weighted by atomic mass is 35.5. The molecule has 0 spiro atoms. The topological polar surface area (TPSA) is 49.3 Å². The number of amides is 1. The van der Waals surface area contributed by atoms with Crippen molar-refractivity contribution in [1.29, 1.82) is 0 Å². The lowest BCUT2D eigenvalue weighted by Gasteiger charge is -2.13. The molecule has 0 fully saturated rings. The Morgan fingerprint density at radius 3 is 2.76 bits per heavy atom. The minimum atomic E-state index is -0.819. The minimum Gasteiger partial charge on any atom is -0.387 e. The average molecular weight is 276 g/mol. The van der Waals surface area contributed by atoms with Gasteiger partial charge in [0.15, 0.2) is 0 Å².